The third kappa shape index (κ3) is 5.75. The lowest BCUT2D eigenvalue weighted by molar-refractivity contribution is 0.101. The SMILES string of the molecule is CCCCn1c(N)c(N(Cc2ccccc2)Cc2cc(C(C)=O)ccc2OCC)c(=O)[nH]c1=O. The maximum atomic E-state index is 13.0. The van der Waals surface area contributed by atoms with Gasteiger partial charge in [0.05, 0.1) is 6.61 Å². The molecule has 3 rings (SSSR count). The van der Waals surface area contributed by atoms with Crippen LogP contribution in [0.4, 0.5) is 11.5 Å². The Kier molecular flexibility index (Phi) is 8.29. The van der Waals surface area contributed by atoms with E-state index in [4.69, 9.17) is 10.5 Å². The zero-order chi connectivity index (χ0) is 24.7. The van der Waals surface area contributed by atoms with Crippen molar-refractivity contribution < 1.29 is 9.53 Å². The van der Waals surface area contributed by atoms with E-state index >= 15 is 0 Å². The van der Waals surface area contributed by atoms with Gasteiger partial charge in [-0.05, 0) is 44.0 Å². The molecule has 0 aliphatic rings. The number of nitrogens with two attached hydrogens (primary N) is 1. The minimum Gasteiger partial charge on any atom is -0.494 e. The maximum absolute atomic E-state index is 13.0. The predicted octanol–water partition coefficient (Wildman–Crippen LogP) is 3.73. The number of nitrogens with one attached hydrogen (secondary N) is 1. The first-order chi connectivity index (χ1) is 16.3. The summed E-state index contributed by atoms with van der Waals surface area (Å²) in [4.78, 5) is 41.8. The minimum absolute atomic E-state index is 0.0654. The lowest BCUT2D eigenvalue weighted by Crippen LogP contribution is -2.38. The highest BCUT2D eigenvalue weighted by Gasteiger charge is 2.21. The summed E-state index contributed by atoms with van der Waals surface area (Å²) in [5.74, 6) is 0.683. The Balaban J connectivity index is 2.15. The summed E-state index contributed by atoms with van der Waals surface area (Å²) in [6, 6.07) is 15.0. The quantitative estimate of drug-likeness (QED) is 0.419. The number of Topliss-reactive ketones (excluding diaryl/α,β-unsaturated/α-hetero) is 1. The summed E-state index contributed by atoms with van der Waals surface area (Å²) in [5, 5.41) is 0. The molecule has 0 fully saturated rings. The van der Waals surface area contributed by atoms with E-state index in [-0.39, 0.29) is 23.8 Å². The normalized spacial score (nSPS) is 10.8. The number of benzene rings is 2. The molecule has 0 saturated carbocycles. The summed E-state index contributed by atoms with van der Waals surface area (Å²) < 4.78 is 7.22. The molecule has 8 nitrogen and oxygen atoms in total. The third-order valence-corrected chi connectivity index (χ3v) is 5.61. The molecular formula is C26H32N4O4. The fraction of sp³-hybridized carbons (Fsp3) is 0.346. The van der Waals surface area contributed by atoms with Crippen molar-refractivity contribution in [2.75, 3.05) is 17.2 Å². The van der Waals surface area contributed by atoms with E-state index in [0.717, 1.165) is 24.0 Å². The number of carbonyl (C=O) groups excluding carboxylic acids is 1. The average Bonchev–Trinajstić information content (AvgIpc) is 2.80. The number of unbranched alkanes of at least 4 members (excludes halogenated alkanes) is 1. The molecule has 0 spiro atoms. The molecule has 0 radical (unpaired) electrons. The van der Waals surface area contributed by atoms with Crippen LogP contribution in [0.3, 0.4) is 0 Å². The second-order valence-electron chi connectivity index (χ2n) is 8.15. The van der Waals surface area contributed by atoms with Crippen LogP contribution in [0.25, 0.3) is 0 Å². The lowest BCUT2D eigenvalue weighted by atomic mass is 10.1. The summed E-state index contributed by atoms with van der Waals surface area (Å²) in [6.45, 7) is 6.90. The molecule has 1 heterocycles. The van der Waals surface area contributed by atoms with Crippen molar-refractivity contribution >= 4 is 17.3 Å². The van der Waals surface area contributed by atoms with Crippen LogP contribution < -0.4 is 26.6 Å². The second-order valence-corrected chi connectivity index (χ2v) is 8.15. The van der Waals surface area contributed by atoms with Crippen molar-refractivity contribution in [3.8, 4) is 5.75 Å². The van der Waals surface area contributed by atoms with Gasteiger partial charge in [0, 0.05) is 30.8 Å². The van der Waals surface area contributed by atoms with E-state index in [1.54, 1.807) is 18.2 Å². The Morgan fingerprint density at radius 3 is 2.47 bits per heavy atom. The molecule has 0 amide bonds. The number of hydrogen-bond donors (Lipinski definition) is 2. The van der Waals surface area contributed by atoms with Gasteiger partial charge < -0.3 is 15.4 Å². The summed E-state index contributed by atoms with van der Waals surface area (Å²) >= 11 is 0. The van der Waals surface area contributed by atoms with Gasteiger partial charge >= 0.3 is 5.69 Å². The highest BCUT2D eigenvalue weighted by Crippen LogP contribution is 2.27. The molecule has 180 valence electrons. The highest BCUT2D eigenvalue weighted by atomic mass is 16.5. The summed E-state index contributed by atoms with van der Waals surface area (Å²) in [7, 11) is 0. The standard InChI is InChI=1S/C26H32N4O4/c1-4-6-14-30-24(27)23(25(32)28-26(30)33)29(16-19-10-8-7-9-11-19)17-21-15-20(18(3)31)12-13-22(21)34-5-2/h7-13,15H,4-6,14,16-17,27H2,1-3H3,(H,28,32,33). The van der Waals surface area contributed by atoms with Gasteiger partial charge in [0.25, 0.3) is 5.56 Å². The van der Waals surface area contributed by atoms with Gasteiger partial charge in [-0.1, -0.05) is 43.7 Å². The van der Waals surface area contributed by atoms with Crippen LogP contribution in [0.5, 0.6) is 5.75 Å². The molecule has 3 aromatic rings. The summed E-state index contributed by atoms with van der Waals surface area (Å²) in [5.41, 5.74) is 7.83. The van der Waals surface area contributed by atoms with Crippen molar-refractivity contribution in [2.45, 2.75) is 53.2 Å². The van der Waals surface area contributed by atoms with Gasteiger partial charge in [0.1, 0.15) is 17.3 Å². The number of H-pyrrole nitrogens is 1. The molecule has 2 aromatic carbocycles. The molecular weight excluding hydrogens is 432 g/mol. The van der Waals surface area contributed by atoms with Crippen molar-refractivity contribution in [1.82, 2.24) is 9.55 Å². The Hall–Kier alpha value is -3.81. The Morgan fingerprint density at radius 2 is 1.82 bits per heavy atom. The number of aromatic amines is 1. The first-order valence-electron chi connectivity index (χ1n) is 11.5. The predicted molar refractivity (Wildman–Crippen MR) is 135 cm³/mol. The van der Waals surface area contributed by atoms with Crippen LogP contribution >= 0.6 is 0 Å². The average molecular weight is 465 g/mol. The van der Waals surface area contributed by atoms with E-state index in [9.17, 15) is 14.4 Å². The number of ether oxygens (including phenoxy) is 1. The number of nitrogen functional groups attached to an aromatic ring is 1. The van der Waals surface area contributed by atoms with Gasteiger partial charge in [-0.25, -0.2) is 4.79 Å². The van der Waals surface area contributed by atoms with Crippen LogP contribution in [0.1, 0.15) is 55.1 Å². The largest absolute Gasteiger partial charge is 0.494 e. The van der Waals surface area contributed by atoms with Gasteiger partial charge in [-0.3, -0.25) is 19.1 Å². The molecule has 0 atom stereocenters. The van der Waals surface area contributed by atoms with Crippen LogP contribution in [0.2, 0.25) is 0 Å². The number of anilines is 2. The number of nitrogens with zero attached hydrogens (tertiary/aromatic N) is 2. The third-order valence-electron chi connectivity index (χ3n) is 5.61. The summed E-state index contributed by atoms with van der Waals surface area (Å²) in [6.07, 6.45) is 1.63. The number of hydrogen-bond acceptors (Lipinski definition) is 6. The fourth-order valence-electron chi connectivity index (χ4n) is 3.86. The fourth-order valence-corrected chi connectivity index (χ4v) is 3.86. The number of ketones is 1. The van der Waals surface area contributed by atoms with E-state index in [0.29, 0.717) is 31.0 Å². The molecule has 8 heteroatoms. The van der Waals surface area contributed by atoms with E-state index in [2.05, 4.69) is 4.98 Å². The molecule has 1 aromatic heterocycles. The Labute approximate surface area is 199 Å². The lowest BCUT2D eigenvalue weighted by Gasteiger charge is -2.27. The number of aromatic nitrogens is 2. The molecule has 3 N–H and O–H groups in total. The van der Waals surface area contributed by atoms with Gasteiger partial charge in [0.2, 0.25) is 0 Å². The second kappa shape index (κ2) is 11.4. The first kappa shape index (κ1) is 24.8. The molecule has 34 heavy (non-hydrogen) atoms. The maximum Gasteiger partial charge on any atom is 0.330 e. The minimum atomic E-state index is -0.549. The number of carbonyl (C=O) groups is 1. The number of rotatable bonds is 11. The molecule has 0 bridgehead atoms. The van der Waals surface area contributed by atoms with E-state index in [1.807, 2.05) is 49.1 Å². The van der Waals surface area contributed by atoms with Gasteiger partial charge in [0.15, 0.2) is 5.78 Å². The van der Waals surface area contributed by atoms with E-state index < -0.39 is 11.2 Å². The van der Waals surface area contributed by atoms with Crippen LogP contribution in [-0.4, -0.2) is 21.9 Å². The first-order valence-corrected chi connectivity index (χ1v) is 11.5. The monoisotopic (exact) mass is 464 g/mol. The molecule has 0 unspecified atom stereocenters. The van der Waals surface area contributed by atoms with Crippen molar-refractivity contribution in [1.29, 1.82) is 0 Å². The van der Waals surface area contributed by atoms with Crippen LogP contribution in [-0.2, 0) is 19.6 Å². The molecule has 0 saturated heterocycles. The van der Waals surface area contributed by atoms with Crippen LogP contribution in [0.15, 0.2) is 58.1 Å². The Bertz CT molecular complexity index is 1250. The van der Waals surface area contributed by atoms with Crippen molar-refractivity contribution in [2.24, 2.45) is 0 Å². The Morgan fingerprint density at radius 1 is 1.09 bits per heavy atom. The smallest absolute Gasteiger partial charge is 0.330 e. The zero-order valence-electron chi connectivity index (χ0n) is 20.0. The van der Waals surface area contributed by atoms with Gasteiger partial charge in [-0.15, -0.1) is 0 Å². The van der Waals surface area contributed by atoms with Crippen molar-refractivity contribution in [3.05, 3.63) is 86.1 Å². The zero-order valence-corrected chi connectivity index (χ0v) is 20.0. The highest BCUT2D eigenvalue weighted by molar-refractivity contribution is 5.94. The van der Waals surface area contributed by atoms with Crippen molar-refractivity contribution in [3.63, 3.8) is 0 Å². The topological polar surface area (TPSA) is 110 Å². The van der Waals surface area contributed by atoms with E-state index in [1.165, 1.54) is 11.5 Å². The van der Waals surface area contributed by atoms with Crippen LogP contribution in [0, 0.1) is 0 Å². The van der Waals surface area contributed by atoms with Gasteiger partial charge in [-0.2, -0.15) is 0 Å². The molecule has 0 aliphatic carbocycles. The molecule has 0 aliphatic heterocycles.